The van der Waals surface area contributed by atoms with Crippen molar-refractivity contribution in [1.82, 2.24) is 10.3 Å². The first-order valence-electron chi connectivity index (χ1n) is 11.5. The fourth-order valence-electron chi connectivity index (χ4n) is 4.62. The number of piperidine rings is 1. The highest BCUT2D eigenvalue weighted by Gasteiger charge is 2.38. The molecule has 0 bridgehead atoms. The van der Waals surface area contributed by atoms with Gasteiger partial charge in [-0.15, -0.1) is 0 Å². The number of aromatic nitrogens is 1. The van der Waals surface area contributed by atoms with Crippen molar-refractivity contribution in [3.63, 3.8) is 0 Å². The molecule has 4 rings (SSSR count). The molecule has 2 saturated heterocycles. The number of nitrogens with zero attached hydrogens (tertiary/aromatic N) is 2. The maximum atomic E-state index is 12.8. The van der Waals surface area contributed by atoms with Crippen molar-refractivity contribution in [3.8, 4) is 0 Å². The highest BCUT2D eigenvalue weighted by molar-refractivity contribution is 7.91. The molecular formula is C24H29ClN4O5S. The van der Waals surface area contributed by atoms with Gasteiger partial charge in [0.1, 0.15) is 0 Å². The van der Waals surface area contributed by atoms with Gasteiger partial charge in [-0.25, -0.2) is 13.4 Å². The summed E-state index contributed by atoms with van der Waals surface area (Å²) in [7, 11) is -3.45. The summed E-state index contributed by atoms with van der Waals surface area (Å²) >= 11 is 6.01. The first-order chi connectivity index (χ1) is 16.7. The monoisotopic (exact) mass is 520 g/mol. The van der Waals surface area contributed by atoms with Crippen LogP contribution in [0.25, 0.3) is 0 Å². The normalized spacial score (nSPS) is 22.6. The second-order valence-electron chi connectivity index (χ2n) is 9.03. The Balaban J connectivity index is 1.48. The van der Waals surface area contributed by atoms with Gasteiger partial charge in [0.15, 0.2) is 15.7 Å². The highest BCUT2D eigenvalue weighted by Crippen LogP contribution is 2.32. The van der Waals surface area contributed by atoms with E-state index in [1.54, 1.807) is 42.6 Å². The Morgan fingerprint density at radius 2 is 2.06 bits per heavy atom. The molecule has 188 valence electrons. The van der Waals surface area contributed by atoms with Crippen molar-refractivity contribution >= 4 is 44.8 Å². The van der Waals surface area contributed by atoms with Gasteiger partial charge in [-0.05, 0) is 49.1 Å². The number of hydrogen-bond donors (Lipinski definition) is 2. The van der Waals surface area contributed by atoms with Gasteiger partial charge >= 0.3 is 0 Å². The first-order valence-corrected chi connectivity index (χ1v) is 13.9. The van der Waals surface area contributed by atoms with Crippen LogP contribution in [0.3, 0.4) is 0 Å². The average molecular weight is 521 g/mol. The Hall–Kier alpha value is -2.69. The molecule has 9 nitrogen and oxygen atoms in total. The van der Waals surface area contributed by atoms with E-state index in [2.05, 4.69) is 15.6 Å². The van der Waals surface area contributed by atoms with E-state index in [4.69, 9.17) is 16.3 Å². The molecule has 3 atom stereocenters. The van der Waals surface area contributed by atoms with E-state index in [1.165, 1.54) is 6.26 Å². The third kappa shape index (κ3) is 6.50. The fraction of sp³-hybridized carbons (Fsp3) is 0.458. The quantitative estimate of drug-likeness (QED) is 0.576. The summed E-state index contributed by atoms with van der Waals surface area (Å²) in [5.41, 5.74) is 0.876. The molecule has 1 aromatic heterocycles. The van der Waals surface area contributed by atoms with Crippen LogP contribution >= 0.6 is 11.6 Å². The number of pyridine rings is 1. The molecule has 0 saturated carbocycles. The molecular weight excluding hydrogens is 492 g/mol. The zero-order valence-electron chi connectivity index (χ0n) is 19.4. The lowest BCUT2D eigenvalue weighted by Crippen LogP contribution is -2.49. The molecule has 2 aliphatic heterocycles. The van der Waals surface area contributed by atoms with Crippen LogP contribution in [-0.4, -0.2) is 69.1 Å². The van der Waals surface area contributed by atoms with E-state index < -0.39 is 15.1 Å². The number of anilines is 2. The number of hydrogen-bond acceptors (Lipinski definition) is 7. The molecule has 35 heavy (non-hydrogen) atoms. The van der Waals surface area contributed by atoms with Crippen LogP contribution in [0.5, 0.6) is 0 Å². The van der Waals surface area contributed by atoms with Gasteiger partial charge < -0.3 is 20.3 Å². The first kappa shape index (κ1) is 25.4. The van der Waals surface area contributed by atoms with Gasteiger partial charge in [0.25, 0.3) is 5.91 Å². The molecule has 11 heteroatoms. The van der Waals surface area contributed by atoms with E-state index in [1.807, 2.05) is 4.90 Å². The number of amides is 2. The summed E-state index contributed by atoms with van der Waals surface area (Å²) in [4.78, 5) is 31.7. The van der Waals surface area contributed by atoms with Crippen LogP contribution in [0, 0.1) is 5.92 Å². The van der Waals surface area contributed by atoms with Crippen molar-refractivity contribution < 1.29 is 22.7 Å². The Morgan fingerprint density at radius 3 is 2.77 bits per heavy atom. The van der Waals surface area contributed by atoms with E-state index in [0.717, 1.165) is 6.42 Å². The largest absolute Gasteiger partial charge is 0.379 e. The molecule has 2 amide bonds. The number of nitrogens with one attached hydrogen (secondary N) is 2. The van der Waals surface area contributed by atoms with Crippen molar-refractivity contribution in [3.05, 3.63) is 53.2 Å². The van der Waals surface area contributed by atoms with E-state index >= 15 is 0 Å². The van der Waals surface area contributed by atoms with E-state index in [-0.39, 0.29) is 36.7 Å². The van der Waals surface area contributed by atoms with Gasteiger partial charge in [0.05, 0.1) is 23.6 Å². The van der Waals surface area contributed by atoms with Crippen LogP contribution in [0.1, 0.15) is 29.6 Å². The van der Waals surface area contributed by atoms with Crippen LogP contribution in [0.15, 0.2) is 42.6 Å². The predicted octanol–water partition coefficient (Wildman–Crippen LogP) is 2.52. The van der Waals surface area contributed by atoms with Gasteiger partial charge in [-0.2, -0.15) is 0 Å². The summed E-state index contributed by atoms with van der Waals surface area (Å²) in [5, 5.41) is 5.53. The maximum absolute atomic E-state index is 12.8. The Bertz CT molecular complexity index is 1190. The Morgan fingerprint density at radius 1 is 1.23 bits per heavy atom. The maximum Gasteiger partial charge on any atom is 0.255 e. The number of carbonyl (C=O) groups is 2. The smallest absolute Gasteiger partial charge is 0.255 e. The molecule has 0 aliphatic carbocycles. The average Bonchev–Trinajstić information content (AvgIpc) is 3.32. The molecule has 2 unspecified atom stereocenters. The number of sulfone groups is 1. The fourth-order valence-corrected chi connectivity index (χ4v) is 6.19. The molecule has 0 radical (unpaired) electrons. The summed E-state index contributed by atoms with van der Waals surface area (Å²) in [5.74, 6) is -0.317. The summed E-state index contributed by atoms with van der Waals surface area (Å²) in [6, 6.07) is 10.0. The van der Waals surface area contributed by atoms with Gasteiger partial charge in [-0.1, -0.05) is 17.7 Å². The number of benzene rings is 1. The van der Waals surface area contributed by atoms with E-state index in [0.29, 0.717) is 48.3 Å². The number of rotatable bonds is 7. The third-order valence-electron chi connectivity index (χ3n) is 6.41. The SMILES string of the molecule is CS(=O)(=O)C1CN(c2ncccc2NC(=O)c2cccc(Cl)c2)CCC1CC(=O)N[C@@H]1CCOC1. The minimum Gasteiger partial charge on any atom is -0.379 e. The van der Waals surface area contributed by atoms with E-state index in [9.17, 15) is 18.0 Å². The number of ether oxygens (including phenoxy) is 1. The van der Waals surface area contributed by atoms with Crippen molar-refractivity contribution in [2.75, 3.05) is 42.8 Å². The molecule has 1 aromatic carbocycles. The second kappa shape index (κ2) is 10.9. The van der Waals surface area contributed by atoms with Crippen LogP contribution in [0.4, 0.5) is 11.5 Å². The second-order valence-corrected chi connectivity index (χ2v) is 11.7. The lowest BCUT2D eigenvalue weighted by Gasteiger charge is -2.38. The van der Waals surface area contributed by atoms with Crippen LogP contribution < -0.4 is 15.5 Å². The Labute approximate surface area is 210 Å². The summed E-state index contributed by atoms with van der Waals surface area (Å²) in [6.45, 7) is 1.80. The highest BCUT2D eigenvalue weighted by atomic mass is 35.5. The molecule has 2 aromatic rings. The minimum atomic E-state index is -3.45. The summed E-state index contributed by atoms with van der Waals surface area (Å²) < 4.78 is 30.7. The topological polar surface area (TPSA) is 118 Å². The zero-order chi connectivity index (χ0) is 25.0. The molecule has 2 fully saturated rings. The Kier molecular flexibility index (Phi) is 7.93. The lowest BCUT2D eigenvalue weighted by atomic mass is 9.92. The molecule has 2 N–H and O–H groups in total. The molecule has 0 spiro atoms. The van der Waals surface area contributed by atoms with Crippen LogP contribution in [0.2, 0.25) is 5.02 Å². The third-order valence-corrected chi connectivity index (χ3v) is 8.28. The molecule has 2 aliphatic rings. The zero-order valence-corrected chi connectivity index (χ0v) is 21.0. The lowest BCUT2D eigenvalue weighted by molar-refractivity contribution is -0.122. The predicted molar refractivity (Wildman–Crippen MR) is 135 cm³/mol. The summed E-state index contributed by atoms with van der Waals surface area (Å²) in [6.07, 6.45) is 4.22. The standard InChI is InChI=1S/C24H29ClN4O5S/c1-35(32,33)21-14-29(10-7-16(21)13-22(30)27-19-8-11-34-15-19)23-20(6-3-9-26-23)28-24(31)17-4-2-5-18(25)12-17/h2-6,9,12,16,19,21H,7-8,10-11,13-15H2,1H3,(H,27,30)(H,28,31)/t16?,19-,21?/m1/s1. The van der Waals surface area contributed by atoms with Gasteiger partial charge in [0, 0.05) is 49.2 Å². The van der Waals surface area contributed by atoms with Crippen LogP contribution in [-0.2, 0) is 19.4 Å². The number of carbonyl (C=O) groups excluding carboxylic acids is 2. The molecule has 3 heterocycles. The number of halogens is 1. The minimum absolute atomic E-state index is 0.0153. The van der Waals surface area contributed by atoms with Gasteiger partial charge in [0.2, 0.25) is 5.91 Å². The van der Waals surface area contributed by atoms with Crippen molar-refractivity contribution in [2.45, 2.75) is 30.6 Å². The van der Waals surface area contributed by atoms with Crippen molar-refractivity contribution in [1.29, 1.82) is 0 Å². The van der Waals surface area contributed by atoms with Gasteiger partial charge in [-0.3, -0.25) is 9.59 Å². The van der Waals surface area contributed by atoms with Crippen molar-refractivity contribution in [2.24, 2.45) is 5.92 Å².